The van der Waals surface area contributed by atoms with Gasteiger partial charge < -0.3 is 5.73 Å². The van der Waals surface area contributed by atoms with Gasteiger partial charge in [-0.05, 0) is 29.3 Å². The molecule has 0 saturated heterocycles. The van der Waals surface area contributed by atoms with Crippen LogP contribution in [-0.2, 0) is 10.0 Å². The van der Waals surface area contributed by atoms with Crippen molar-refractivity contribution in [2.75, 3.05) is 5.73 Å². The van der Waals surface area contributed by atoms with Gasteiger partial charge in [0.25, 0.3) is 10.0 Å². The summed E-state index contributed by atoms with van der Waals surface area (Å²) in [6.07, 6.45) is 0. The zero-order chi connectivity index (χ0) is 18.7. The number of hydrogen-bond donors (Lipinski definition) is 3. The Kier molecular flexibility index (Phi) is 4.85. The number of nitrogens with two attached hydrogens (primary N) is 2. The first kappa shape index (κ1) is 17.8. The van der Waals surface area contributed by atoms with E-state index in [1.54, 1.807) is 17.0 Å². The molecule has 6 nitrogen and oxygen atoms in total. The molecule has 3 rings (SSSR count). The van der Waals surface area contributed by atoms with Crippen molar-refractivity contribution in [3.63, 3.8) is 0 Å². The quantitative estimate of drug-likeness (QED) is 0.277. The van der Waals surface area contributed by atoms with Crippen LogP contribution in [0.4, 0.5) is 5.69 Å². The van der Waals surface area contributed by atoms with Crippen molar-refractivity contribution in [2.45, 2.75) is 4.90 Å². The topological polar surface area (TPSA) is 115 Å². The summed E-state index contributed by atoms with van der Waals surface area (Å²) in [5.74, 6) is 4.63. The third-order valence-electron chi connectivity index (χ3n) is 3.95. The van der Waals surface area contributed by atoms with Gasteiger partial charge in [0, 0.05) is 16.8 Å². The zero-order valence-corrected chi connectivity index (χ0v) is 14.5. The number of ketones is 1. The number of nitrogens with one attached hydrogen (secondary N) is 1. The molecule has 0 aromatic heterocycles. The molecule has 0 amide bonds. The summed E-state index contributed by atoms with van der Waals surface area (Å²) in [7, 11) is -4.00. The number of rotatable bonds is 5. The SMILES string of the molecule is NNS(=O)(=O)c1ccc(N)cc1C(=O)c1ccc(-c2ccccc2)cc1. The van der Waals surface area contributed by atoms with E-state index in [4.69, 9.17) is 11.6 Å². The highest BCUT2D eigenvalue weighted by molar-refractivity contribution is 7.89. The average molecular weight is 367 g/mol. The lowest BCUT2D eigenvalue weighted by molar-refractivity contribution is 0.103. The number of nitrogen functional groups attached to an aromatic ring is 1. The summed E-state index contributed by atoms with van der Waals surface area (Å²) in [5, 5.41) is 0. The first-order valence-corrected chi connectivity index (χ1v) is 9.23. The molecule has 26 heavy (non-hydrogen) atoms. The summed E-state index contributed by atoms with van der Waals surface area (Å²) in [4.78, 5) is 14.4. The fourth-order valence-corrected chi connectivity index (χ4v) is 3.44. The minimum Gasteiger partial charge on any atom is -0.399 e. The van der Waals surface area contributed by atoms with Crippen LogP contribution in [0.1, 0.15) is 15.9 Å². The smallest absolute Gasteiger partial charge is 0.253 e. The zero-order valence-electron chi connectivity index (χ0n) is 13.7. The molecule has 0 aliphatic carbocycles. The lowest BCUT2D eigenvalue weighted by atomic mass is 9.99. The van der Waals surface area contributed by atoms with Crippen LogP contribution < -0.4 is 16.4 Å². The van der Waals surface area contributed by atoms with E-state index in [1.165, 1.54) is 18.2 Å². The van der Waals surface area contributed by atoms with Crippen molar-refractivity contribution in [3.8, 4) is 11.1 Å². The van der Waals surface area contributed by atoms with Crippen molar-refractivity contribution in [1.82, 2.24) is 4.83 Å². The molecule has 0 unspecified atom stereocenters. The first-order chi connectivity index (χ1) is 12.4. The van der Waals surface area contributed by atoms with Crippen LogP contribution in [0, 0.1) is 0 Å². The number of anilines is 1. The van der Waals surface area contributed by atoms with E-state index in [0.29, 0.717) is 5.56 Å². The number of sulfonamides is 1. The molecule has 3 aromatic rings. The second-order valence-corrected chi connectivity index (χ2v) is 7.33. The molecular weight excluding hydrogens is 350 g/mol. The summed E-state index contributed by atoms with van der Waals surface area (Å²) in [5.41, 5.74) is 8.30. The minimum absolute atomic E-state index is 0.0320. The highest BCUT2D eigenvalue weighted by Crippen LogP contribution is 2.24. The molecule has 0 bridgehead atoms. The van der Waals surface area contributed by atoms with E-state index < -0.39 is 15.8 Å². The molecule has 5 N–H and O–H groups in total. The second kappa shape index (κ2) is 7.09. The normalized spacial score (nSPS) is 11.3. The van der Waals surface area contributed by atoms with Gasteiger partial charge in [-0.25, -0.2) is 8.42 Å². The Balaban J connectivity index is 2.01. The van der Waals surface area contributed by atoms with E-state index in [0.717, 1.165) is 11.1 Å². The van der Waals surface area contributed by atoms with Crippen LogP contribution in [0.25, 0.3) is 11.1 Å². The predicted octanol–water partition coefficient (Wildman–Crippen LogP) is 2.32. The van der Waals surface area contributed by atoms with Crippen molar-refractivity contribution < 1.29 is 13.2 Å². The molecule has 132 valence electrons. The molecule has 3 aromatic carbocycles. The van der Waals surface area contributed by atoms with Crippen molar-refractivity contribution in [1.29, 1.82) is 0 Å². The van der Waals surface area contributed by atoms with Crippen LogP contribution >= 0.6 is 0 Å². The Hall–Kier alpha value is -3.00. The minimum atomic E-state index is -4.00. The van der Waals surface area contributed by atoms with Crippen molar-refractivity contribution in [3.05, 3.63) is 83.9 Å². The van der Waals surface area contributed by atoms with Gasteiger partial charge in [0.2, 0.25) is 0 Å². The van der Waals surface area contributed by atoms with Crippen LogP contribution in [0.5, 0.6) is 0 Å². The van der Waals surface area contributed by atoms with Crippen LogP contribution in [0.2, 0.25) is 0 Å². The molecule has 0 atom stereocenters. The standard InChI is InChI=1S/C19H17N3O3S/c20-16-10-11-18(26(24,25)22-21)17(12-16)19(23)15-8-6-14(7-9-15)13-4-2-1-3-5-13/h1-12,22H,20-21H2. The predicted molar refractivity (Wildman–Crippen MR) is 101 cm³/mol. The number of hydrogen-bond acceptors (Lipinski definition) is 5. The largest absolute Gasteiger partial charge is 0.399 e. The highest BCUT2D eigenvalue weighted by Gasteiger charge is 2.22. The summed E-state index contributed by atoms with van der Waals surface area (Å²) >= 11 is 0. The Morgan fingerprint density at radius 2 is 1.46 bits per heavy atom. The molecular formula is C19H17N3O3S. The molecule has 0 saturated carbocycles. The maximum absolute atomic E-state index is 12.8. The number of carbonyl (C=O) groups is 1. The number of hydrazine groups is 1. The van der Waals surface area contributed by atoms with Crippen LogP contribution in [-0.4, -0.2) is 14.2 Å². The van der Waals surface area contributed by atoms with Gasteiger partial charge in [-0.2, -0.15) is 4.83 Å². The van der Waals surface area contributed by atoms with E-state index in [1.807, 2.05) is 42.5 Å². The van der Waals surface area contributed by atoms with Gasteiger partial charge in [0.1, 0.15) is 0 Å². The average Bonchev–Trinajstić information content (AvgIpc) is 2.68. The summed E-state index contributed by atoms with van der Waals surface area (Å²) < 4.78 is 24.2. The highest BCUT2D eigenvalue weighted by atomic mass is 32.2. The van der Waals surface area contributed by atoms with E-state index >= 15 is 0 Å². The van der Waals surface area contributed by atoms with E-state index in [2.05, 4.69) is 0 Å². The molecule has 0 aliphatic rings. The summed E-state index contributed by atoms with van der Waals surface area (Å²) in [6.45, 7) is 0. The maximum Gasteiger partial charge on any atom is 0.253 e. The van der Waals surface area contributed by atoms with Gasteiger partial charge in [0.05, 0.1) is 4.90 Å². The fourth-order valence-electron chi connectivity index (χ4n) is 2.62. The third-order valence-corrected chi connectivity index (χ3v) is 5.19. The maximum atomic E-state index is 12.8. The van der Waals surface area contributed by atoms with E-state index in [-0.39, 0.29) is 16.1 Å². The van der Waals surface area contributed by atoms with Gasteiger partial charge in [0.15, 0.2) is 5.78 Å². The van der Waals surface area contributed by atoms with Crippen LogP contribution in [0.3, 0.4) is 0 Å². The Labute approximate surface area is 151 Å². The molecule has 0 spiro atoms. The third kappa shape index (κ3) is 3.50. The number of carbonyl (C=O) groups excluding carboxylic acids is 1. The fraction of sp³-hybridized carbons (Fsp3) is 0. The molecule has 0 heterocycles. The van der Waals surface area contributed by atoms with Gasteiger partial charge in [-0.3, -0.25) is 10.6 Å². The molecule has 0 fully saturated rings. The Morgan fingerprint density at radius 3 is 2.08 bits per heavy atom. The lowest BCUT2D eigenvalue weighted by Gasteiger charge is -2.10. The lowest BCUT2D eigenvalue weighted by Crippen LogP contribution is -2.31. The molecule has 0 radical (unpaired) electrons. The Morgan fingerprint density at radius 1 is 0.846 bits per heavy atom. The van der Waals surface area contributed by atoms with Crippen molar-refractivity contribution in [2.24, 2.45) is 5.84 Å². The second-order valence-electron chi connectivity index (χ2n) is 5.65. The monoisotopic (exact) mass is 367 g/mol. The van der Waals surface area contributed by atoms with Gasteiger partial charge in [-0.15, -0.1) is 0 Å². The first-order valence-electron chi connectivity index (χ1n) is 7.74. The van der Waals surface area contributed by atoms with Gasteiger partial charge in [-0.1, -0.05) is 54.6 Å². The van der Waals surface area contributed by atoms with Crippen molar-refractivity contribution >= 4 is 21.5 Å². The van der Waals surface area contributed by atoms with E-state index in [9.17, 15) is 13.2 Å². The molecule has 0 aliphatic heterocycles. The van der Waals surface area contributed by atoms with Crippen LogP contribution in [0.15, 0.2) is 77.7 Å². The summed E-state index contributed by atoms with van der Waals surface area (Å²) in [6, 6.07) is 20.6. The number of benzene rings is 3. The van der Waals surface area contributed by atoms with Gasteiger partial charge >= 0.3 is 0 Å². The molecule has 7 heteroatoms. The Bertz CT molecular complexity index is 1050.